The maximum Gasteiger partial charge on any atom is 0.0543 e. The van der Waals surface area contributed by atoms with Gasteiger partial charge in [-0.15, -0.1) is 0 Å². The van der Waals surface area contributed by atoms with Crippen LogP contribution in [0.2, 0.25) is 0 Å². The summed E-state index contributed by atoms with van der Waals surface area (Å²) >= 11 is 0. The van der Waals surface area contributed by atoms with Gasteiger partial charge in [-0.05, 0) is 100 Å². The number of benzene rings is 7. The van der Waals surface area contributed by atoms with Crippen LogP contribution in [-0.2, 0) is 5.41 Å². The van der Waals surface area contributed by atoms with Crippen molar-refractivity contribution in [2.75, 3.05) is 4.90 Å². The van der Waals surface area contributed by atoms with Gasteiger partial charge in [0.25, 0.3) is 0 Å². The number of allylic oxidation sites excluding steroid dienone is 5. The van der Waals surface area contributed by atoms with Crippen LogP contribution < -0.4 is 4.90 Å². The predicted octanol–water partition coefficient (Wildman–Crippen LogP) is 14.4. The van der Waals surface area contributed by atoms with Gasteiger partial charge in [0, 0.05) is 38.8 Å². The lowest BCUT2D eigenvalue weighted by atomic mass is 9.81. The average molecular weight is 695 g/mol. The molecule has 0 fully saturated rings. The van der Waals surface area contributed by atoms with E-state index < -0.39 is 0 Å². The molecular weight excluding hydrogens is 653 g/mol. The molecule has 0 saturated heterocycles. The summed E-state index contributed by atoms with van der Waals surface area (Å²) < 4.78 is 2.37. The quantitative estimate of drug-likeness (QED) is 0.154. The second-order valence-corrected chi connectivity index (χ2v) is 14.6. The fraction of sp³-hybridized carbons (Fsp3) is 0.0769. The summed E-state index contributed by atoms with van der Waals surface area (Å²) in [7, 11) is 0. The van der Waals surface area contributed by atoms with E-state index in [9.17, 15) is 0 Å². The minimum Gasteiger partial charge on any atom is -0.310 e. The van der Waals surface area contributed by atoms with Gasteiger partial charge in [-0.3, -0.25) is 0 Å². The van der Waals surface area contributed by atoms with Gasteiger partial charge in [-0.25, -0.2) is 0 Å². The Labute approximate surface area is 318 Å². The molecule has 1 aliphatic rings. The zero-order valence-corrected chi connectivity index (χ0v) is 31.0. The second-order valence-electron chi connectivity index (χ2n) is 14.6. The van der Waals surface area contributed by atoms with Crippen LogP contribution in [0.4, 0.5) is 17.1 Å². The first-order valence-corrected chi connectivity index (χ1v) is 18.8. The lowest BCUT2D eigenvalue weighted by Gasteiger charge is -2.29. The Balaban J connectivity index is 1.13. The normalized spacial score (nSPS) is 13.5. The minimum atomic E-state index is -0.167. The summed E-state index contributed by atoms with van der Waals surface area (Å²) in [4.78, 5) is 2.41. The molecule has 1 heterocycles. The SMILES string of the molecule is C=CC1=C(/C=C\C)c2c(N(c3ccc(-c4ccccc4)cc3)c3ccc(-c4ccc(-n5c6ccccc6c6ccccc65)cc4)cc3)cccc2C1(C)C. The van der Waals surface area contributed by atoms with Crippen LogP contribution in [0.3, 0.4) is 0 Å². The first-order chi connectivity index (χ1) is 26.5. The van der Waals surface area contributed by atoms with E-state index in [-0.39, 0.29) is 5.41 Å². The van der Waals surface area contributed by atoms with Gasteiger partial charge in [0.2, 0.25) is 0 Å². The lowest BCUT2D eigenvalue weighted by molar-refractivity contribution is 0.654. The summed E-state index contributed by atoms with van der Waals surface area (Å²) in [5, 5.41) is 2.54. The van der Waals surface area contributed by atoms with Crippen molar-refractivity contribution >= 4 is 44.4 Å². The Morgan fingerprint density at radius 2 is 1.04 bits per heavy atom. The molecule has 2 nitrogen and oxygen atoms in total. The second kappa shape index (κ2) is 13.4. The Bertz CT molecular complexity index is 2670. The molecule has 0 N–H and O–H groups in total. The van der Waals surface area contributed by atoms with Crippen molar-refractivity contribution in [2.24, 2.45) is 0 Å². The largest absolute Gasteiger partial charge is 0.310 e. The maximum atomic E-state index is 4.26. The van der Waals surface area contributed by atoms with Gasteiger partial charge >= 0.3 is 0 Å². The highest BCUT2D eigenvalue weighted by Crippen LogP contribution is 2.52. The molecule has 8 aromatic rings. The molecule has 7 aromatic carbocycles. The molecule has 54 heavy (non-hydrogen) atoms. The van der Waals surface area contributed by atoms with Crippen molar-refractivity contribution in [1.82, 2.24) is 4.57 Å². The van der Waals surface area contributed by atoms with Gasteiger partial charge in [-0.2, -0.15) is 0 Å². The van der Waals surface area contributed by atoms with E-state index in [1.54, 1.807) is 0 Å². The lowest BCUT2D eigenvalue weighted by Crippen LogP contribution is -2.17. The van der Waals surface area contributed by atoms with E-state index in [4.69, 9.17) is 0 Å². The summed E-state index contributed by atoms with van der Waals surface area (Å²) in [6.07, 6.45) is 6.43. The molecule has 1 aliphatic carbocycles. The third-order valence-electron chi connectivity index (χ3n) is 11.1. The highest BCUT2D eigenvalue weighted by atomic mass is 15.1. The molecule has 0 radical (unpaired) electrons. The van der Waals surface area contributed by atoms with Crippen LogP contribution in [0.15, 0.2) is 200 Å². The highest BCUT2D eigenvalue weighted by molar-refractivity contribution is 6.09. The third kappa shape index (κ3) is 5.42. The summed E-state index contributed by atoms with van der Waals surface area (Å²) in [6, 6.07) is 61.6. The van der Waals surface area contributed by atoms with Crippen molar-refractivity contribution in [1.29, 1.82) is 0 Å². The zero-order chi connectivity index (χ0) is 36.8. The Morgan fingerprint density at radius 3 is 1.57 bits per heavy atom. The van der Waals surface area contributed by atoms with Crippen molar-refractivity contribution in [3.63, 3.8) is 0 Å². The van der Waals surface area contributed by atoms with E-state index in [0.29, 0.717) is 0 Å². The number of hydrogen-bond donors (Lipinski definition) is 0. The number of nitrogens with zero attached hydrogens (tertiary/aromatic N) is 2. The third-order valence-corrected chi connectivity index (χ3v) is 11.1. The maximum absolute atomic E-state index is 4.26. The smallest absolute Gasteiger partial charge is 0.0543 e. The number of fused-ring (bicyclic) bond motifs is 4. The number of rotatable bonds is 8. The molecule has 0 unspecified atom stereocenters. The van der Waals surface area contributed by atoms with Crippen LogP contribution in [0.25, 0.3) is 55.3 Å². The van der Waals surface area contributed by atoms with E-state index in [1.807, 2.05) is 6.08 Å². The van der Waals surface area contributed by atoms with Crippen LogP contribution in [0.1, 0.15) is 31.9 Å². The molecule has 9 rings (SSSR count). The molecule has 0 atom stereocenters. The number of para-hydroxylation sites is 2. The molecule has 0 saturated carbocycles. The van der Waals surface area contributed by atoms with Crippen LogP contribution in [0, 0.1) is 0 Å². The molecule has 1 aromatic heterocycles. The minimum absolute atomic E-state index is 0.167. The van der Waals surface area contributed by atoms with Crippen LogP contribution >= 0.6 is 0 Å². The summed E-state index contributed by atoms with van der Waals surface area (Å²) in [6.45, 7) is 11.0. The average Bonchev–Trinajstić information content (AvgIpc) is 3.67. The van der Waals surface area contributed by atoms with Crippen LogP contribution in [-0.4, -0.2) is 4.57 Å². The van der Waals surface area contributed by atoms with E-state index in [1.165, 1.54) is 66.3 Å². The molecule has 0 bridgehead atoms. The van der Waals surface area contributed by atoms with Gasteiger partial charge in [-0.1, -0.05) is 154 Å². The van der Waals surface area contributed by atoms with Gasteiger partial charge in [0.15, 0.2) is 0 Å². The number of anilines is 3. The van der Waals surface area contributed by atoms with E-state index >= 15 is 0 Å². The Hall–Kier alpha value is -6.64. The molecule has 0 spiro atoms. The number of hydrogen-bond acceptors (Lipinski definition) is 1. The summed E-state index contributed by atoms with van der Waals surface area (Å²) in [5.74, 6) is 0. The molecule has 260 valence electrons. The molecular formula is C52H42N2. The first kappa shape index (κ1) is 33.2. The zero-order valence-electron chi connectivity index (χ0n) is 31.0. The van der Waals surface area contributed by atoms with E-state index in [2.05, 4.69) is 219 Å². The molecule has 0 aliphatic heterocycles. The van der Waals surface area contributed by atoms with Crippen molar-refractivity contribution in [3.05, 3.63) is 211 Å². The standard InChI is InChI=1S/C52H42N2/c1-5-15-45-46(6-2)52(3,4)47-20-14-23-50(51(45)47)53(40-30-24-37(25-31-40)36-16-8-7-9-17-36)41-32-26-38(27-33-41)39-28-34-42(35-29-39)54-48-21-12-10-18-43(48)44-19-11-13-22-49(44)54/h5-35H,2H2,1,3-4H3/b15-5-. The van der Waals surface area contributed by atoms with Crippen molar-refractivity contribution in [3.8, 4) is 27.9 Å². The Morgan fingerprint density at radius 1 is 0.537 bits per heavy atom. The van der Waals surface area contributed by atoms with Crippen molar-refractivity contribution in [2.45, 2.75) is 26.2 Å². The highest BCUT2D eigenvalue weighted by Gasteiger charge is 2.38. The predicted molar refractivity (Wildman–Crippen MR) is 231 cm³/mol. The fourth-order valence-electron chi connectivity index (χ4n) is 8.52. The monoisotopic (exact) mass is 694 g/mol. The Kier molecular flexibility index (Phi) is 8.24. The van der Waals surface area contributed by atoms with Gasteiger partial charge in [0.1, 0.15) is 0 Å². The molecule has 2 heteroatoms. The topological polar surface area (TPSA) is 8.17 Å². The molecule has 0 amide bonds. The fourth-order valence-corrected chi connectivity index (χ4v) is 8.52. The summed E-state index contributed by atoms with van der Waals surface area (Å²) in [5.41, 5.74) is 16.6. The van der Waals surface area contributed by atoms with Crippen molar-refractivity contribution < 1.29 is 0 Å². The number of aromatic nitrogens is 1. The van der Waals surface area contributed by atoms with Gasteiger partial charge < -0.3 is 9.47 Å². The van der Waals surface area contributed by atoms with E-state index in [0.717, 1.165) is 22.7 Å². The van der Waals surface area contributed by atoms with Crippen LogP contribution in [0.5, 0.6) is 0 Å². The first-order valence-electron chi connectivity index (χ1n) is 18.8. The van der Waals surface area contributed by atoms with Gasteiger partial charge in [0.05, 0.1) is 16.7 Å².